The van der Waals surface area contributed by atoms with Crippen LogP contribution in [0.2, 0.25) is 0 Å². The monoisotopic (exact) mass is 436 g/mol. The second-order valence-electron chi connectivity index (χ2n) is 8.07. The molecule has 0 aromatic carbocycles. The first kappa shape index (κ1) is 21.1. The average molecular weight is 436 g/mol. The summed E-state index contributed by atoms with van der Waals surface area (Å²) in [6.07, 6.45) is 1.24. The Labute approximate surface area is 176 Å². The Kier molecular flexibility index (Phi) is 5.36. The smallest absolute Gasteiger partial charge is 0.366 e. The molecule has 2 fully saturated rings. The molecule has 2 unspecified atom stereocenters. The molecule has 0 radical (unpaired) electrons. The van der Waals surface area contributed by atoms with E-state index in [0.717, 1.165) is 0 Å². The lowest BCUT2D eigenvalue weighted by atomic mass is 9.98. The zero-order valence-corrected chi connectivity index (χ0v) is 16.9. The number of piperidine rings is 1. The highest BCUT2D eigenvalue weighted by molar-refractivity contribution is 6.04. The summed E-state index contributed by atoms with van der Waals surface area (Å²) in [5.74, 6) is -1.75. The first-order valence-electron chi connectivity index (χ1n) is 10.1. The number of anilines is 1. The molecule has 4 rings (SSSR count). The predicted molar refractivity (Wildman–Crippen MR) is 107 cm³/mol. The second-order valence-corrected chi connectivity index (χ2v) is 8.07. The highest BCUT2D eigenvalue weighted by atomic mass is 19.4. The van der Waals surface area contributed by atoms with E-state index in [-0.39, 0.29) is 30.0 Å². The number of carbonyl (C=O) groups excluding carboxylic acids is 2. The van der Waals surface area contributed by atoms with E-state index in [4.69, 9.17) is 0 Å². The Morgan fingerprint density at radius 1 is 1.35 bits per heavy atom. The summed E-state index contributed by atoms with van der Waals surface area (Å²) < 4.78 is 38.1. The molecule has 1 saturated carbocycles. The number of nitrogens with one attached hydrogen (secondary N) is 3. The molecule has 2 aromatic rings. The molecule has 2 aliphatic rings. The fourth-order valence-corrected chi connectivity index (χ4v) is 4.05. The van der Waals surface area contributed by atoms with Gasteiger partial charge in [-0.2, -0.15) is 13.2 Å². The van der Waals surface area contributed by atoms with E-state index < -0.39 is 24.0 Å². The van der Waals surface area contributed by atoms with Gasteiger partial charge in [-0.3, -0.25) is 9.59 Å². The number of likely N-dealkylation sites (tertiary alicyclic amines) is 1. The van der Waals surface area contributed by atoms with Gasteiger partial charge in [0.1, 0.15) is 11.3 Å². The molecule has 4 atom stereocenters. The molecule has 1 saturated heterocycles. The van der Waals surface area contributed by atoms with E-state index in [1.165, 1.54) is 18.5 Å². The number of rotatable bonds is 5. The molecule has 2 aromatic heterocycles. The normalized spacial score (nSPS) is 25.9. The van der Waals surface area contributed by atoms with Crippen molar-refractivity contribution in [2.45, 2.75) is 50.5 Å². The van der Waals surface area contributed by atoms with Gasteiger partial charge in [-0.15, -0.1) is 0 Å². The van der Waals surface area contributed by atoms with Crippen molar-refractivity contribution in [1.82, 2.24) is 25.2 Å². The van der Waals surface area contributed by atoms with Gasteiger partial charge in [0, 0.05) is 30.9 Å². The minimum absolute atomic E-state index is 0.0298. The highest BCUT2D eigenvalue weighted by Gasteiger charge is 2.56. The zero-order chi connectivity index (χ0) is 22.3. The van der Waals surface area contributed by atoms with E-state index in [2.05, 4.69) is 32.2 Å². The number of amides is 2. The minimum Gasteiger partial charge on any atom is -0.366 e. The van der Waals surface area contributed by atoms with Crippen molar-refractivity contribution in [1.29, 1.82) is 0 Å². The van der Waals surface area contributed by atoms with Crippen LogP contribution in [0, 0.1) is 5.92 Å². The van der Waals surface area contributed by atoms with Gasteiger partial charge in [-0.05, 0) is 32.3 Å². The number of aromatic amines is 1. The molecular weight excluding hydrogens is 413 g/mol. The fraction of sp³-hybridized carbons (Fsp3) is 0.500. The van der Waals surface area contributed by atoms with Gasteiger partial charge in [-0.1, -0.05) is 6.58 Å². The van der Waals surface area contributed by atoms with Crippen LogP contribution in [0.1, 0.15) is 36.5 Å². The molecule has 2 amide bonds. The number of aromatic nitrogens is 3. The van der Waals surface area contributed by atoms with Gasteiger partial charge in [0.25, 0.3) is 5.91 Å². The van der Waals surface area contributed by atoms with Gasteiger partial charge >= 0.3 is 6.18 Å². The molecule has 1 aliphatic heterocycles. The minimum atomic E-state index is -4.31. The van der Waals surface area contributed by atoms with Crippen molar-refractivity contribution in [2.24, 2.45) is 5.92 Å². The molecule has 166 valence electrons. The van der Waals surface area contributed by atoms with Gasteiger partial charge in [0.2, 0.25) is 5.91 Å². The molecular formula is C20H23F3N6O2. The Balaban J connectivity index is 1.43. The topological polar surface area (TPSA) is 103 Å². The Hall–Kier alpha value is -3.11. The lowest BCUT2D eigenvalue weighted by Crippen LogP contribution is -2.47. The van der Waals surface area contributed by atoms with Crippen molar-refractivity contribution in [2.75, 3.05) is 11.9 Å². The average Bonchev–Trinajstić information content (AvgIpc) is 3.37. The van der Waals surface area contributed by atoms with Gasteiger partial charge in [-0.25, -0.2) is 9.97 Å². The maximum atomic E-state index is 12.7. The lowest BCUT2D eigenvalue weighted by Gasteiger charge is -2.37. The van der Waals surface area contributed by atoms with Crippen LogP contribution in [-0.4, -0.2) is 62.5 Å². The lowest BCUT2D eigenvalue weighted by molar-refractivity contribution is -0.148. The number of alkyl halides is 3. The highest BCUT2D eigenvalue weighted by Crippen LogP contribution is 2.44. The number of hydrogen-bond acceptors (Lipinski definition) is 5. The number of nitrogens with zero attached hydrogens (tertiary/aromatic N) is 3. The summed E-state index contributed by atoms with van der Waals surface area (Å²) in [7, 11) is 0. The van der Waals surface area contributed by atoms with Crippen LogP contribution in [0.15, 0.2) is 25.0 Å². The SMILES string of the molecule is C=CC(=O)N1CCC(Nc2cnc3[nH]cc(C(=O)N[C@@H]4C[C@H]4C(F)(F)F)c3n2)CC1C. The first-order valence-corrected chi connectivity index (χ1v) is 10.1. The van der Waals surface area contributed by atoms with E-state index in [1.54, 1.807) is 4.90 Å². The van der Waals surface area contributed by atoms with E-state index >= 15 is 0 Å². The predicted octanol–water partition coefficient (Wildman–Crippen LogP) is 2.62. The fourth-order valence-electron chi connectivity index (χ4n) is 4.05. The van der Waals surface area contributed by atoms with Crippen LogP contribution in [-0.2, 0) is 4.79 Å². The summed E-state index contributed by atoms with van der Waals surface area (Å²) in [6.45, 7) is 6.07. The molecule has 8 nitrogen and oxygen atoms in total. The van der Waals surface area contributed by atoms with E-state index in [9.17, 15) is 22.8 Å². The van der Waals surface area contributed by atoms with Gasteiger partial charge in [0.05, 0.1) is 17.7 Å². The Morgan fingerprint density at radius 3 is 2.77 bits per heavy atom. The summed E-state index contributed by atoms with van der Waals surface area (Å²) in [5.41, 5.74) is 0.816. The third-order valence-electron chi connectivity index (χ3n) is 5.84. The molecule has 31 heavy (non-hydrogen) atoms. The van der Waals surface area contributed by atoms with Crippen LogP contribution in [0.25, 0.3) is 11.2 Å². The number of halogens is 3. The van der Waals surface area contributed by atoms with Crippen molar-refractivity contribution in [3.63, 3.8) is 0 Å². The molecule has 3 N–H and O–H groups in total. The Morgan fingerprint density at radius 2 is 2.13 bits per heavy atom. The van der Waals surface area contributed by atoms with Crippen molar-refractivity contribution >= 4 is 28.8 Å². The van der Waals surface area contributed by atoms with Crippen LogP contribution in [0.3, 0.4) is 0 Å². The largest absolute Gasteiger partial charge is 0.393 e. The number of fused-ring (bicyclic) bond motifs is 1. The second kappa shape index (κ2) is 7.86. The molecule has 3 heterocycles. The molecule has 0 bridgehead atoms. The van der Waals surface area contributed by atoms with Gasteiger partial charge < -0.3 is 20.5 Å². The molecule has 0 spiro atoms. The third kappa shape index (κ3) is 4.35. The van der Waals surface area contributed by atoms with Crippen molar-refractivity contribution in [3.8, 4) is 0 Å². The quantitative estimate of drug-likeness (QED) is 0.626. The summed E-state index contributed by atoms with van der Waals surface area (Å²) >= 11 is 0. The van der Waals surface area contributed by atoms with Crippen LogP contribution in [0.5, 0.6) is 0 Å². The van der Waals surface area contributed by atoms with Gasteiger partial charge in [0.15, 0.2) is 5.65 Å². The Bertz CT molecular complexity index is 1020. The van der Waals surface area contributed by atoms with Crippen molar-refractivity contribution < 1.29 is 22.8 Å². The van der Waals surface area contributed by atoms with Crippen molar-refractivity contribution in [3.05, 3.63) is 30.6 Å². The van der Waals surface area contributed by atoms with Crippen LogP contribution < -0.4 is 10.6 Å². The van der Waals surface area contributed by atoms with Crippen LogP contribution >= 0.6 is 0 Å². The molecule has 11 heteroatoms. The van der Waals surface area contributed by atoms with E-state index in [0.29, 0.717) is 36.4 Å². The summed E-state index contributed by atoms with van der Waals surface area (Å²) in [4.78, 5) is 37.7. The summed E-state index contributed by atoms with van der Waals surface area (Å²) in [5, 5.41) is 5.71. The maximum absolute atomic E-state index is 12.7. The zero-order valence-electron chi connectivity index (χ0n) is 16.9. The number of H-pyrrole nitrogens is 1. The maximum Gasteiger partial charge on any atom is 0.393 e. The standard InChI is InChI=1S/C20H23F3N6O2/c1-3-16(30)29-5-4-11(6-10(29)2)26-15-9-25-18-17(28-15)12(8-24-18)19(31)27-14-7-13(14)20(21,22)23/h3,8-11,13-14H,1,4-7H2,2H3,(H,24,25)(H,26,28)(H,27,31)/t10?,11?,13-,14-/m1/s1. The first-order chi connectivity index (χ1) is 14.7. The number of hydrogen-bond donors (Lipinski definition) is 3. The van der Waals surface area contributed by atoms with E-state index in [1.807, 2.05) is 6.92 Å². The van der Waals surface area contributed by atoms with Crippen LogP contribution in [0.4, 0.5) is 19.0 Å². The number of carbonyl (C=O) groups is 2. The summed E-state index contributed by atoms with van der Waals surface area (Å²) in [6, 6.07) is -0.815. The molecule has 1 aliphatic carbocycles. The third-order valence-corrected chi connectivity index (χ3v) is 5.84.